The number of aryl methyl sites for hydroxylation is 1. The molecular weight excluding hydrogens is 280 g/mol. The highest BCUT2D eigenvalue weighted by Crippen LogP contribution is 2.40. The highest BCUT2D eigenvalue weighted by Gasteiger charge is 2.43. The van der Waals surface area contributed by atoms with Crippen molar-refractivity contribution in [3.05, 3.63) is 29.1 Å². The number of aromatic carboxylic acids is 1. The van der Waals surface area contributed by atoms with Gasteiger partial charge in [-0.1, -0.05) is 12.8 Å². The fourth-order valence-electron chi connectivity index (χ4n) is 4.10. The van der Waals surface area contributed by atoms with E-state index in [1.54, 1.807) is 13.0 Å². The molecule has 1 aliphatic heterocycles. The van der Waals surface area contributed by atoms with E-state index < -0.39 is 5.97 Å². The Morgan fingerprint density at radius 1 is 1.27 bits per heavy atom. The summed E-state index contributed by atoms with van der Waals surface area (Å²) in [5.74, 6) is -0.445. The summed E-state index contributed by atoms with van der Waals surface area (Å²) in [5.41, 5.74) is 0.910. The van der Waals surface area contributed by atoms with E-state index in [0.29, 0.717) is 23.3 Å². The van der Waals surface area contributed by atoms with E-state index >= 15 is 0 Å². The van der Waals surface area contributed by atoms with Gasteiger partial charge in [0.1, 0.15) is 5.69 Å². The zero-order valence-electron chi connectivity index (χ0n) is 13.1. The van der Waals surface area contributed by atoms with Crippen LogP contribution < -0.4 is 0 Å². The summed E-state index contributed by atoms with van der Waals surface area (Å²) in [4.78, 5) is 30.2. The van der Waals surface area contributed by atoms with E-state index in [1.165, 1.54) is 25.3 Å². The molecule has 5 heteroatoms. The molecule has 2 fully saturated rings. The van der Waals surface area contributed by atoms with Crippen LogP contribution in [0.25, 0.3) is 0 Å². The third kappa shape index (κ3) is 2.49. The monoisotopic (exact) mass is 302 g/mol. The molecule has 22 heavy (non-hydrogen) atoms. The standard InChI is InChI=1S/C17H22N2O3/c1-10-9-12-5-3-4-6-15(12)19(10)16(20)14-8-7-13(17(21)22)11(2)18-14/h7-8,10,12,15H,3-6,9H2,1-2H3,(H,21,22). The van der Waals surface area contributed by atoms with E-state index in [4.69, 9.17) is 5.11 Å². The van der Waals surface area contributed by atoms with E-state index in [2.05, 4.69) is 11.9 Å². The minimum Gasteiger partial charge on any atom is -0.478 e. The average Bonchev–Trinajstić information content (AvgIpc) is 2.81. The predicted molar refractivity (Wildman–Crippen MR) is 81.9 cm³/mol. The number of aromatic nitrogens is 1. The molecule has 0 aromatic carbocycles. The van der Waals surface area contributed by atoms with Gasteiger partial charge >= 0.3 is 5.97 Å². The Morgan fingerprint density at radius 2 is 2.00 bits per heavy atom. The number of carboxylic acids is 1. The van der Waals surface area contributed by atoms with Crippen LogP contribution in [-0.4, -0.2) is 39.0 Å². The second kappa shape index (κ2) is 5.71. The topological polar surface area (TPSA) is 70.5 Å². The maximum atomic E-state index is 12.9. The molecule has 0 spiro atoms. The van der Waals surface area contributed by atoms with Crippen LogP contribution in [-0.2, 0) is 0 Å². The fraction of sp³-hybridized carbons (Fsp3) is 0.588. The van der Waals surface area contributed by atoms with Crippen LogP contribution in [0, 0.1) is 12.8 Å². The second-order valence-corrected chi connectivity index (χ2v) is 6.54. The number of carbonyl (C=O) groups is 2. The molecule has 1 aromatic heterocycles. The van der Waals surface area contributed by atoms with Gasteiger partial charge in [-0.3, -0.25) is 4.79 Å². The number of fused-ring (bicyclic) bond motifs is 1. The van der Waals surface area contributed by atoms with Gasteiger partial charge in [0.2, 0.25) is 0 Å². The van der Waals surface area contributed by atoms with Gasteiger partial charge in [0.15, 0.2) is 0 Å². The largest absolute Gasteiger partial charge is 0.478 e. The summed E-state index contributed by atoms with van der Waals surface area (Å²) < 4.78 is 0. The van der Waals surface area contributed by atoms with Crippen molar-refractivity contribution < 1.29 is 14.7 Å². The first-order valence-electron chi connectivity index (χ1n) is 8.02. The Bertz CT molecular complexity index is 614. The maximum absolute atomic E-state index is 12.9. The van der Waals surface area contributed by atoms with Crippen LogP contribution in [0.1, 0.15) is 65.6 Å². The van der Waals surface area contributed by atoms with Crippen LogP contribution in [0.15, 0.2) is 12.1 Å². The van der Waals surface area contributed by atoms with E-state index in [1.807, 2.05) is 4.90 Å². The number of pyridine rings is 1. The molecule has 3 rings (SSSR count). The number of amides is 1. The third-order valence-electron chi connectivity index (χ3n) is 5.11. The molecule has 2 heterocycles. The van der Waals surface area contributed by atoms with Gasteiger partial charge in [0, 0.05) is 12.1 Å². The number of rotatable bonds is 2. The number of carbonyl (C=O) groups excluding carboxylic acids is 1. The zero-order chi connectivity index (χ0) is 15.9. The Hall–Kier alpha value is -1.91. The molecule has 1 saturated heterocycles. The number of likely N-dealkylation sites (tertiary alicyclic amines) is 1. The summed E-state index contributed by atoms with van der Waals surface area (Å²) in [6, 6.07) is 3.60. The first-order chi connectivity index (χ1) is 10.5. The summed E-state index contributed by atoms with van der Waals surface area (Å²) in [6.45, 7) is 3.74. The van der Waals surface area contributed by atoms with Gasteiger partial charge in [-0.2, -0.15) is 0 Å². The van der Waals surface area contributed by atoms with Crippen LogP contribution in [0.5, 0.6) is 0 Å². The molecule has 3 unspecified atom stereocenters. The SMILES string of the molecule is Cc1nc(C(=O)N2C(C)CC3CCCCC32)ccc1C(=O)O. The van der Waals surface area contributed by atoms with Crippen molar-refractivity contribution in [2.45, 2.75) is 58.0 Å². The lowest BCUT2D eigenvalue weighted by molar-refractivity contribution is 0.0623. The van der Waals surface area contributed by atoms with Crippen molar-refractivity contribution >= 4 is 11.9 Å². The molecule has 2 aliphatic rings. The normalized spacial score (nSPS) is 27.5. The van der Waals surface area contributed by atoms with Crippen molar-refractivity contribution in [1.29, 1.82) is 0 Å². The van der Waals surface area contributed by atoms with Crippen molar-refractivity contribution in [3.8, 4) is 0 Å². The van der Waals surface area contributed by atoms with Gasteiger partial charge in [-0.25, -0.2) is 9.78 Å². The van der Waals surface area contributed by atoms with Crippen LogP contribution in [0.4, 0.5) is 0 Å². The van der Waals surface area contributed by atoms with Crippen molar-refractivity contribution in [1.82, 2.24) is 9.88 Å². The smallest absolute Gasteiger partial charge is 0.337 e. The van der Waals surface area contributed by atoms with E-state index in [-0.39, 0.29) is 17.5 Å². The quantitative estimate of drug-likeness (QED) is 0.912. The highest BCUT2D eigenvalue weighted by molar-refractivity contribution is 5.95. The lowest BCUT2D eigenvalue weighted by Gasteiger charge is -2.33. The molecule has 1 saturated carbocycles. The minimum atomic E-state index is -1.01. The summed E-state index contributed by atoms with van der Waals surface area (Å²) >= 11 is 0. The molecule has 5 nitrogen and oxygen atoms in total. The molecule has 3 atom stereocenters. The first-order valence-corrected chi connectivity index (χ1v) is 8.02. The second-order valence-electron chi connectivity index (χ2n) is 6.54. The lowest BCUT2D eigenvalue weighted by atomic mass is 9.85. The Kier molecular flexibility index (Phi) is 3.89. The molecular formula is C17H22N2O3. The summed E-state index contributed by atoms with van der Waals surface area (Å²) in [7, 11) is 0. The maximum Gasteiger partial charge on any atom is 0.337 e. The van der Waals surface area contributed by atoms with Gasteiger partial charge in [0.25, 0.3) is 5.91 Å². The molecule has 0 bridgehead atoms. The number of carboxylic acid groups (broad SMARTS) is 1. The van der Waals surface area contributed by atoms with Gasteiger partial charge in [-0.15, -0.1) is 0 Å². The number of hydrogen-bond acceptors (Lipinski definition) is 3. The van der Waals surface area contributed by atoms with Crippen LogP contribution >= 0.6 is 0 Å². The Morgan fingerprint density at radius 3 is 2.68 bits per heavy atom. The fourth-order valence-corrected chi connectivity index (χ4v) is 4.10. The molecule has 0 radical (unpaired) electrons. The summed E-state index contributed by atoms with van der Waals surface area (Å²) in [5, 5.41) is 9.07. The lowest BCUT2D eigenvalue weighted by Crippen LogP contribution is -2.42. The van der Waals surface area contributed by atoms with E-state index in [9.17, 15) is 9.59 Å². The van der Waals surface area contributed by atoms with Gasteiger partial charge in [0.05, 0.1) is 11.3 Å². The van der Waals surface area contributed by atoms with Crippen LogP contribution in [0.2, 0.25) is 0 Å². The Labute approximate surface area is 130 Å². The van der Waals surface area contributed by atoms with E-state index in [0.717, 1.165) is 12.8 Å². The first kappa shape index (κ1) is 15.0. The third-order valence-corrected chi connectivity index (χ3v) is 5.11. The predicted octanol–water partition coefficient (Wildman–Crippen LogP) is 2.88. The number of nitrogens with zero attached hydrogens (tertiary/aromatic N) is 2. The molecule has 118 valence electrons. The Balaban J connectivity index is 1.87. The minimum absolute atomic E-state index is 0.0538. The van der Waals surface area contributed by atoms with Crippen LogP contribution in [0.3, 0.4) is 0 Å². The van der Waals surface area contributed by atoms with Gasteiger partial charge < -0.3 is 10.0 Å². The molecule has 1 aliphatic carbocycles. The van der Waals surface area contributed by atoms with Gasteiger partial charge in [-0.05, 0) is 51.2 Å². The van der Waals surface area contributed by atoms with Crippen molar-refractivity contribution in [2.75, 3.05) is 0 Å². The van der Waals surface area contributed by atoms with Crippen molar-refractivity contribution in [3.63, 3.8) is 0 Å². The molecule has 1 N–H and O–H groups in total. The zero-order valence-corrected chi connectivity index (χ0v) is 13.1. The molecule has 1 aromatic rings. The average molecular weight is 302 g/mol. The van der Waals surface area contributed by atoms with Crippen molar-refractivity contribution in [2.24, 2.45) is 5.92 Å². The highest BCUT2D eigenvalue weighted by atomic mass is 16.4. The molecule has 1 amide bonds. The summed E-state index contributed by atoms with van der Waals surface area (Å²) in [6.07, 6.45) is 5.81. The number of hydrogen-bond donors (Lipinski definition) is 1.